The summed E-state index contributed by atoms with van der Waals surface area (Å²) in [5, 5.41) is 5.29. The van der Waals surface area contributed by atoms with Crippen LogP contribution in [0.1, 0.15) is 28.4 Å². The predicted molar refractivity (Wildman–Crippen MR) is 96.9 cm³/mol. The quantitative estimate of drug-likeness (QED) is 0.764. The molecule has 0 saturated heterocycles. The lowest BCUT2D eigenvalue weighted by Gasteiger charge is -2.13. The molecule has 0 radical (unpaired) electrons. The van der Waals surface area contributed by atoms with Gasteiger partial charge in [0.2, 0.25) is 0 Å². The van der Waals surface area contributed by atoms with Gasteiger partial charge in [-0.1, -0.05) is 36.4 Å². The molecule has 1 amide bonds. The standard InChI is InChI=1S/C21H19NO2/c1-2-24-19-9-4-3-8-18(19)22-21(23)17-13-12-15-11-10-14-6-5-7-16(17)20(14)15/h3-9,12-13H,2,10-11H2,1H3,(H,22,23). The maximum atomic E-state index is 12.9. The zero-order valence-electron chi connectivity index (χ0n) is 13.6. The van der Waals surface area contributed by atoms with Crippen molar-refractivity contribution in [3.05, 3.63) is 71.3 Å². The Balaban J connectivity index is 1.73. The molecule has 0 fully saturated rings. The van der Waals surface area contributed by atoms with Crippen LogP contribution in [-0.4, -0.2) is 12.5 Å². The Hall–Kier alpha value is -2.81. The number of hydrogen-bond donors (Lipinski definition) is 1. The number of anilines is 1. The third-order valence-corrected chi connectivity index (χ3v) is 4.56. The van der Waals surface area contributed by atoms with Gasteiger partial charge in [0.15, 0.2) is 0 Å². The summed E-state index contributed by atoms with van der Waals surface area (Å²) < 4.78 is 5.59. The van der Waals surface area contributed by atoms with Gasteiger partial charge in [-0.05, 0) is 59.9 Å². The Labute approximate surface area is 141 Å². The molecule has 0 aromatic heterocycles. The van der Waals surface area contributed by atoms with Crippen molar-refractivity contribution in [1.82, 2.24) is 0 Å². The first-order valence-corrected chi connectivity index (χ1v) is 8.34. The van der Waals surface area contributed by atoms with E-state index >= 15 is 0 Å². The molecule has 0 spiro atoms. The number of ether oxygens (including phenoxy) is 1. The largest absolute Gasteiger partial charge is 0.492 e. The molecular weight excluding hydrogens is 298 g/mol. The van der Waals surface area contributed by atoms with Crippen LogP contribution in [0.4, 0.5) is 5.69 Å². The second-order valence-electron chi connectivity index (χ2n) is 6.00. The molecule has 1 aliphatic carbocycles. The van der Waals surface area contributed by atoms with Crippen LogP contribution in [0.15, 0.2) is 54.6 Å². The van der Waals surface area contributed by atoms with Gasteiger partial charge in [0, 0.05) is 5.56 Å². The van der Waals surface area contributed by atoms with Crippen LogP contribution >= 0.6 is 0 Å². The second-order valence-corrected chi connectivity index (χ2v) is 6.00. The molecule has 1 aliphatic rings. The Morgan fingerprint density at radius 3 is 2.62 bits per heavy atom. The van der Waals surface area contributed by atoms with Gasteiger partial charge in [0.25, 0.3) is 5.91 Å². The highest BCUT2D eigenvalue weighted by molar-refractivity contribution is 6.14. The van der Waals surface area contributed by atoms with Crippen molar-refractivity contribution in [3.8, 4) is 5.75 Å². The third-order valence-electron chi connectivity index (χ3n) is 4.56. The first-order chi connectivity index (χ1) is 11.8. The minimum Gasteiger partial charge on any atom is -0.492 e. The number of carbonyl (C=O) groups excluding carboxylic acids is 1. The van der Waals surface area contributed by atoms with E-state index < -0.39 is 0 Å². The van der Waals surface area contributed by atoms with Crippen LogP contribution < -0.4 is 10.1 Å². The fourth-order valence-corrected chi connectivity index (χ4v) is 3.49. The number of amides is 1. The number of carbonyl (C=O) groups is 1. The van der Waals surface area contributed by atoms with Crippen LogP contribution in [-0.2, 0) is 12.8 Å². The van der Waals surface area contributed by atoms with Gasteiger partial charge in [-0.3, -0.25) is 4.79 Å². The van der Waals surface area contributed by atoms with Gasteiger partial charge in [-0.25, -0.2) is 0 Å². The molecular formula is C21H19NO2. The number of nitrogens with one attached hydrogen (secondary N) is 1. The number of para-hydroxylation sites is 2. The van der Waals surface area contributed by atoms with Crippen molar-refractivity contribution in [1.29, 1.82) is 0 Å². The maximum absolute atomic E-state index is 12.9. The van der Waals surface area contributed by atoms with E-state index in [4.69, 9.17) is 4.74 Å². The van der Waals surface area contributed by atoms with E-state index in [-0.39, 0.29) is 5.91 Å². The van der Waals surface area contributed by atoms with Gasteiger partial charge >= 0.3 is 0 Å². The summed E-state index contributed by atoms with van der Waals surface area (Å²) in [7, 11) is 0. The van der Waals surface area contributed by atoms with E-state index in [1.165, 1.54) is 16.5 Å². The van der Waals surface area contributed by atoms with E-state index in [1.54, 1.807) is 0 Å². The lowest BCUT2D eigenvalue weighted by atomic mass is 9.99. The molecule has 3 heteroatoms. The molecule has 0 unspecified atom stereocenters. The number of benzene rings is 3. The Morgan fingerprint density at radius 1 is 1.00 bits per heavy atom. The summed E-state index contributed by atoms with van der Waals surface area (Å²) in [5.41, 5.74) is 4.09. The van der Waals surface area contributed by atoms with E-state index in [9.17, 15) is 4.79 Å². The summed E-state index contributed by atoms with van der Waals surface area (Å²) in [4.78, 5) is 12.9. The average molecular weight is 317 g/mol. The summed E-state index contributed by atoms with van der Waals surface area (Å²) >= 11 is 0. The van der Waals surface area contributed by atoms with Crippen LogP contribution in [0.5, 0.6) is 5.75 Å². The molecule has 0 aliphatic heterocycles. The number of rotatable bonds is 4. The van der Waals surface area contributed by atoms with E-state index in [0.29, 0.717) is 23.6 Å². The lowest BCUT2D eigenvalue weighted by Crippen LogP contribution is -2.13. The average Bonchev–Trinajstić information content (AvgIpc) is 3.02. The van der Waals surface area contributed by atoms with Gasteiger partial charge < -0.3 is 10.1 Å². The first kappa shape index (κ1) is 14.8. The zero-order chi connectivity index (χ0) is 16.5. The molecule has 4 rings (SSSR count). The summed E-state index contributed by atoms with van der Waals surface area (Å²) in [6.07, 6.45) is 2.12. The lowest BCUT2D eigenvalue weighted by molar-refractivity contribution is 0.102. The van der Waals surface area contributed by atoms with Gasteiger partial charge in [0.1, 0.15) is 5.75 Å². The third kappa shape index (κ3) is 2.42. The summed E-state index contributed by atoms with van der Waals surface area (Å²) in [6, 6.07) is 17.8. The smallest absolute Gasteiger partial charge is 0.256 e. The molecule has 0 bridgehead atoms. The van der Waals surface area contributed by atoms with Crippen molar-refractivity contribution in [2.24, 2.45) is 0 Å². The normalized spacial score (nSPS) is 12.4. The first-order valence-electron chi connectivity index (χ1n) is 8.34. The molecule has 3 nitrogen and oxygen atoms in total. The maximum Gasteiger partial charge on any atom is 0.256 e. The van der Waals surface area contributed by atoms with E-state index in [1.807, 2.05) is 49.4 Å². The summed E-state index contributed by atoms with van der Waals surface area (Å²) in [5.74, 6) is 0.594. The highest BCUT2D eigenvalue weighted by Gasteiger charge is 2.19. The minimum absolute atomic E-state index is 0.0993. The van der Waals surface area contributed by atoms with E-state index in [2.05, 4.69) is 17.4 Å². The molecule has 3 aromatic carbocycles. The molecule has 1 N–H and O–H groups in total. The van der Waals surface area contributed by atoms with Gasteiger partial charge in [0.05, 0.1) is 12.3 Å². The Kier molecular flexibility index (Phi) is 3.69. The van der Waals surface area contributed by atoms with Crippen molar-refractivity contribution in [2.45, 2.75) is 19.8 Å². The van der Waals surface area contributed by atoms with Crippen LogP contribution in [0.2, 0.25) is 0 Å². The zero-order valence-corrected chi connectivity index (χ0v) is 13.6. The fraction of sp³-hybridized carbons (Fsp3) is 0.190. The van der Waals surface area contributed by atoms with Gasteiger partial charge in [-0.2, -0.15) is 0 Å². The minimum atomic E-state index is -0.0993. The van der Waals surface area contributed by atoms with Crippen LogP contribution in [0.3, 0.4) is 0 Å². The van der Waals surface area contributed by atoms with Gasteiger partial charge in [-0.15, -0.1) is 0 Å². The topological polar surface area (TPSA) is 38.3 Å². The number of aryl methyl sites for hydroxylation is 2. The SMILES string of the molecule is CCOc1ccccc1NC(=O)c1ccc2c3c(cccc13)CC2. The van der Waals surface area contributed by atoms with Crippen LogP contribution in [0.25, 0.3) is 10.8 Å². The predicted octanol–water partition coefficient (Wildman–Crippen LogP) is 4.59. The number of hydrogen-bond acceptors (Lipinski definition) is 2. The van der Waals surface area contributed by atoms with Crippen LogP contribution in [0, 0.1) is 0 Å². The molecule has 120 valence electrons. The van der Waals surface area contributed by atoms with E-state index in [0.717, 1.165) is 18.2 Å². The highest BCUT2D eigenvalue weighted by Crippen LogP contribution is 2.33. The molecule has 0 atom stereocenters. The fourth-order valence-electron chi connectivity index (χ4n) is 3.49. The Morgan fingerprint density at radius 2 is 1.79 bits per heavy atom. The highest BCUT2D eigenvalue weighted by atomic mass is 16.5. The molecule has 0 heterocycles. The van der Waals surface area contributed by atoms with Crippen molar-refractivity contribution in [3.63, 3.8) is 0 Å². The Bertz CT molecular complexity index is 920. The van der Waals surface area contributed by atoms with Crippen molar-refractivity contribution < 1.29 is 9.53 Å². The molecule has 3 aromatic rings. The van der Waals surface area contributed by atoms with Crippen molar-refractivity contribution in [2.75, 3.05) is 11.9 Å². The van der Waals surface area contributed by atoms with Crippen molar-refractivity contribution >= 4 is 22.4 Å². The monoisotopic (exact) mass is 317 g/mol. The molecule has 24 heavy (non-hydrogen) atoms. The molecule has 0 saturated carbocycles. The second kappa shape index (κ2) is 6.00. The summed E-state index contributed by atoms with van der Waals surface area (Å²) in [6.45, 7) is 2.50.